The molecule has 0 bridgehead atoms. The zero-order valence-corrected chi connectivity index (χ0v) is 12.2. The maximum absolute atomic E-state index is 13.2. The number of hydrogen-bond acceptors (Lipinski definition) is 3. The van der Waals surface area contributed by atoms with Crippen molar-refractivity contribution in [1.29, 1.82) is 0 Å². The Morgan fingerprint density at radius 2 is 2.25 bits per heavy atom. The molecule has 0 fully saturated rings. The van der Waals surface area contributed by atoms with Crippen molar-refractivity contribution in [3.05, 3.63) is 46.7 Å². The van der Waals surface area contributed by atoms with Crippen LogP contribution in [-0.4, -0.2) is 11.0 Å². The van der Waals surface area contributed by atoms with E-state index in [9.17, 15) is 9.18 Å². The molecule has 0 aliphatic heterocycles. The van der Waals surface area contributed by atoms with Crippen molar-refractivity contribution in [1.82, 2.24) is 4.98 Å². The minimum Gasteiger partial charge on any atom is -0.351 e. The number of thiazole rings is 1. The van der Waals surface area contributed by atoms with Crippen LogP contribution in [0, 0.1) is 5.82 Å². The van der Waals surface area contributed by atoms with Gasteiger partial charge in [0.25, 0.3) is 0 Å². The summed E-state index contributed by atoms with van der Waals surface area (Å²) >= 11 is 1.42. The Morgan fingerprint density at radius 1 is 1.50 bits per heavy atom. The number of aromatic nitrogens is 1. The van der Waals surface area contributed by atoms with Crippen LogP contribution in [0.4, 0.5) is 14.3 Å². The number of urea groups is 1. The van der Waals surface area contributed by atoms with Gasteiger partial charge in [-0.05, 0) is 23.6 Å². The molecule has 1 heterocycles. The van der Waals surface area contributed by atoms with Crippen molar-refractivity contribution in [3.8, 4) is 0 Å². The first-order chi connectivity index (χ1) is 9.47. The summed E-state index contributed by atoms with van der Waals surface area (Å²) in [5.74, 6) is -0.000857. The minimum absolute atomic E-state index is 0.206. The van der Waals surface area contributed by atoms with Gasteiger partial charge in [0.1, 0.15) is 5.82 Å². The van der Waals surface area contributed by atoms with E-state index in [1.54, 1.807) is 18.3 Å². The molecule has 0 saturated heterocycles. The number of nitrogens with zero attached hydrogens (tertiary/aromatic N) is 2. The summed E-state index contributed by atoms with van der Waals surface area (Å²) in [6, 6.07) is 5.49. The molecule has 20 heavy (non-hydrogen) atoms. The first kappa shape index (κ1) is 14.5. The zero-order valence-electron chi connectivity index (χ0n) is 11.3. The van der Waals surface area contributed by atoms with Gasteiger partial charge in [0.15, 0.2) is 5.13 Å². The van der Waals surface area contributed by atoms with Gasteiger partial charge in [-0.3, -0.25) is 4.90 Å². The van der Waals surface area contributed by atoms with Gasteiger partial charge in [-0.25, -0.2) is 14.2 Å². The van der Waals surface area contributed by atoms with Gasteiger partial charge in [0.2, 0.25) is 0 Å². The molecular formula is C14H16FN3OS. The predicted octanol–water partition coefficient (Wildman–Crippen LogP) is 3.49. The fourth-order valence-electron chi connectivity index (χ4n) is 1.73. The van der Waals surface area contributed by atoms with E-state index >= 15 is 0 Å². The molecule has 4 nitrogen and oxygen atoms in total. The van der Waals surface area contributed by atoms with E-state index < -0.39 is 6.03 Å². The monoisotopic (exact) mass is 293 g/mol. The van der Waals surface area contributed by atoms with Gasteiger partial charge in [0, 0.05) is 11.1 Å². The molecule has 2 N–H and O–H groups in total. The normalized spacial score (nSPS) is 10.8. The Labute approximate surface area is 121 Å². The average molecular weight is 293 g/mol. The van der Waals surface area contributed by atoms with E-state index in [4.69, 9.17) is 5.73 Å². The number of carbonyl (C=O) groups excluding carboxylic acids is 1. The molecule has 106 valence electrons. The Hall–Kier alpha value is -1.95. The first-order valence-corrected chi connectivity index (χ1v) is 7.06. The minimum atomic E-state index is -0.598. The van der Waals surface area contributed by atoms with Crippen LogP contribution in [0.2, 0.25) is 0 Å². The highest BCUT2D eigenvalue weighted by Crippen LogP contribution is 2.28. The highest BCUT2D eigenvalue weighted by atomic mass is 32.1. The number of amides is 2. The lowest BCUT2D eigenvalue weighted by molar-refractivity contribution is 0.253. The Bertz CT molecular complexity index is 612. The van der Waals surface area contributed by atoms with E-state index in [1.165, 1.54) is 28.4 Å². The number of halogens is 1. The number of primary amides is 1. The number of benzene rings is 1. The lowest BCUT2D eigenvalue weighted by atomic mass is 10.2. The summed E-state index contributed by atoms with van der Waals surface area (Å²) in [6.45, 7) is 4.31. The molecule has 0 aliphatic rings. The van der Waals surface area contributed by atoms with Crippen LogP contribution in [0.3, 0.4) is 0 Å². The van der Waals surface area contributed by atoms with Crippen molar-refractivity contribution in [2.75, 3.05) is 4.90 Å². The number of anilines is 1. The summed E-state index contributed by atoms with van der Waals surface area (Å²) in [5.41, 5.74) is 6.07. The number of nitrogens with two attached hydrogens (primary N) is 1. The van der Waals surface area contributed by atoms with E-state index in [-0.39, 0.29) is 12.4 Å². The van der Waals surface area contributed by atoms with Gasteiger partial charge >= 0.3 is 6.03 Å². The predicted molar refractivity (Wildman–Crippen MR) is 78.4 cm³/mol. The molecule has 1 aromatic carbocycles. The molecular weight excluding hydrogens is 277 g/mol. The van der Waals surface area contributed by atoms with Crippen LogP contribution in [-0.2, 0) is 6.54 Å². The van der Waals surface area contributed by atoms with Gasteiger partial charge in [-0.1, -0.05) is 26.0 Å². The van der Waals surface area contributed by atoms with Gasteiger partial charge in [0.05, 0.1) is 6.54 Å². The van der Waals surface area contributed by atoms with Crippen LogP contribution >= 0.6 is 11.3 Å². The van der Waals surface area contributed by atoms with Crippen LogP contribution in [0.25, 0.3) is 0 Å². The number of rotatable bonds is 4. The largest absolute Gasteiger partial charge is 0.351 e. The highest BCUT2D eigenvalue weighted by Gasteiger charge is 2.18. The van der Waals surface area contributed by atoms with Crippen LogP contribution in [0.5, 0.6) is 0 Å². The quantitative estimate of drug-likeness (QED) is 0.938. The summed E-state index contributed by atoms with van der Waals surface area (Å²) in [7, 11) is 0. The molecule has 6 heteroatoms. The summed E-state index contributed by atoms with van der Waals surface area (Å²) < 4.78 is 13.2. The van der Waals surface area contributed by atoms with Crippen molar-refractivity contribution in [2.45, 2.75) is 26.3 Å². The van der Waals surface area contributed by atoms with Crippen LogP contribution in [0.1, 0.15) is 30.2 Å². The molecule has 2 amide bonds. The second-order valence-electron chi connectivity index (χ2n) is 4.75. The number of hydrogen-bond donors (Lipinski definition) is 1. The maximum atomic E-state index is 13.2. The molecule has 2 rings (SSSR count). The summed E-state index contributed by atoms with van der Waals surface area (Å²) in [5, 5.41) is 0.533. The lowest BCUT2D eigenvalue weighted by Gasteiger charge is -2.17. The average Bonchev–Trinajstić information content (AvgIpc) is 2.85. The first-order valence-electron chi connectivity index (χ1n) is 6.24. The van der Waals surface area contributed by atoms with Gasteiger partial charge in [-0.2, -0.15) is 0 Å². The standard InChI is InChI=1S/C14H16FN3OS/c1-9(2)12-7-17-14(20-12)18(13(16)19)8-10-4-3-5-11(15)6-10/h3-7,9H,8H2,1-2H3,(H2,16,19). The second-order valence-corrected chi connectivity index (χ2v) is 5.79. The lowest BCUT2D eigenvalue weighted by Crippen LogP contribution is -2.35. The Kier molecular flexibility index (Phi) is 4.34. The molecule has 0 saturated carbocycles. The SMILES string of the molecule is CC(C)c1cnc(N(Cc2cccc(F)c2)C(N)=O)s1. The fourth-order valence-corrected chi connectivity index (χ4v) is 2.65. The molecule has 0 radical (unpaired) electrons. The van der Waals surface area contributed by atoms with E-state index in [1.807, 2.05) is 0 Å². The van der Waals surface area contributed by atoms with E-state index in [0.717, 1.165) is 4.88 Å². The summed E-state index contributed by atoms with van der Waals surface area (Å²) in [4.78, 5) is 18.2. The van der Waals surface area contributed by atoms with E-state index in [0.29, 0.717) is 16.6 Å². The Morgan fingerprint density at radius 3 is 2.80 bits per heavy atom. The number of carbonyl (C=O) groups is 1. The zero-order chi connectivity index (χ0) is 14.7. The van der Waals surface area contributed by atoms with Crippen molar-refractivity contribution < 1.29 is 9.18 Å². The molecule has 0 aliphatic carbocycles. The van der Waals surface area contributed by atoms with E-state index in [2.05, 4.69) is 18.8 Å². The van der Waals surface area contributed by atoms with Crippen molar-refractivity contribution >= 4 is 22.5 Å². The van der Waals surface area contributed by atoms with Crippen molar-refractivity contribution in [2.24, 2.45) is 5.73 Å². The highest BCUT2D eigenvalue weighted by molar-refractivity contribution is 7.15. The molecule has 2 aromatic rings. The fraction of sp³-hybridized carbons (Fsp3) is 0.286. The third kappa shape index (κ3) is 3.33. The van der Waals surface area contributed by atoms with Crippen LogP contribution < -0.4 is 10.6 Å². The molecule has 0 unspecified atom stereocenters. The van der Waals surface area contributed by atoms with Gasteiger partial charge in [-0.15, -0.1) is 11.3 Å². The van der Waals surface area contributed by atoms with Crippen molar-refractivity contribution in [3.63, 3.8) is 0 Å². The molecule has 0 atom stereocenters. The Balaban J connectivity index is 2.24. The third-order valence-corrected chi connectivity index (χ3v) is 4.13. The van der Waals surface area contributed by atoms with Gasteiger partial charge < -0.3 is 5.73 Å². The topological polar surface area (TPSA) is 59.2 Å². The summed E-state index contributed by atoms with van der Waals surface area (Å²) in [6.07, 6.45) is 1.74. The second kappa shape index (κ2) is 6.00. The molecule has 1 aromatic heterocycles. The maximum Gasteiger partial charge on any atom is 0.321 e. The smallest absolute Gasteiger partial charge is 0.321 e. The molecule has 0 spiro atoms. The third-order valence-electron chi connectivity index (χ3n) is 2.81. The van der Waals surface area contributed by atoms with Crippen LogP contribution in [0.15, 0.2) is 30.5 Å².